The molecule has 2 aromatic rings. The highest BCUT2D eigenvalue weighted by atomic mass is 19.1. The van der Waals surface area contributed by atoms with Gasteiger partial charge in [-0.3, -0.25) is 19.2 Å². The Morgan fingerprint density at radius 1 is 1.31 bits per heavy atom. The van der Waals surface area contributed by atoms with Crippen molar-refractivity contribution in [3.05, 3.63) is 62.8 Å². The molecule has 0 aliphatic carbocycles. The van der Waals surface area contributed by atoms with Gasteiger partial charge in [0.25, 0.3) is 11.8 Å². The maximum Gasteiger partial charge on any atom is 0.274 e. The summed E-state index contributed by atoms with van der Waals surface area (Å²) in [6, 6.07) is 3.42. The van der Waals surface area contributed by atoms with Crippen LogP contribution in [0.25, 0.3) is 0 Å². The van der Waals surface area contributed by atoms with Crippen molar-refractivity contribution in [3.8, 4) is 5.75 Å². The fourth-order valence-electron chi connectivity index (χ4n) is 5.21. The normalized spacial score (nSPS) is 24.8. The molecule has 3 atom stereocenters. The topological polar surface area (TPSA) is 130 Å². The van der Waals surface area contributed by atoms with E-state index in [1.165, 1.54) is 34.7 Å². The second-order valence-corrected chi connectivity index (χ2v) is 9.60. The predicted molar refractivity (Wildman–Crippen MR) is 125 cm³/mol. The number of hydrogen-bond donors (Lipinski definition) is 2. The van der Waals surface area contributed by atoms with Crippen LogP contribution in [0.15, 0.2) is 34.3 Å². The molecule has 0 saturated carbocycles. The number of fused-ring (bicyclic) bond motifs is 5. The highest BCUT2D eigenvalue weighted by Gasteiger charge is 2.58. The van der Waals surface area contributed by atoms with Gasteiger partial charge in [0, 0.05) is 37.3 Å². The molecule has 2 N–H and O–H groups in total. The van der Waals surface area contributed by atoms with Gasteiger partial charge in [-0.25, -0.2) is 4.39 Å². The van der Waals surface area contributed by atoms with Crippen molar-refractivity contribution in [1.29, 1.82) is 0 Å². The second-order valence-electron chi connectivity index (χ2n) is 9.60. The number of amides is 2. The number of benzene rings is 1. The van der Waals surface area contributed by atoms with Gasteiger partial charge in [-0.05, 0) is 38.8 Å². The zero-order valence-corrected chi connectivity index (χ0v) is 20.0. The van der Waals surface area contributed by atoms with Gasteiger partial charge in [0.15, 0.2) is 11.4 Å². The van der Waals surface area contributed by atoms with Gasteiger partial charge < -0.3 is 24.7 Å². The molecule has 1 aromatic carbocycles. The number of Topliss-reactive ketones (excluding diaryl/α,β-unsaturated/α-hetero) is 1. The van der Waals surface area contributed by atoms with E-state index < -0.39 is 46.0 Å². The lowest BCUT2D eigenvalue weighted by molar-refractivity contribution is -0.140. The molecule has 1 aromatic heterocycles. The van der Waals surface area contributed by atoms with E-state index in [1.807, 2.05) is 6.92 Å². The third-order valence-corrected chi connectivity index (χ3v) is 7.33. The molecule has 1 fully saturated rings. The van der Waals surface area contributed by atoms with Crippen LogP contribution in [-0.2, 0) is 16.2 Å². The van der Waals surface area contributed by atoms with Gasteiger partial charge in [0.05, 0.1) is 0 Å². The summed E-state index contributed by atoms with van der Waals surface area (Å²) < 4.78 is 15.5. The van der Waals surface area contributed by atoms with Crippen LogP contribution >= 0.6 is 0 Å². The van der Waals surface area contributed by atoms with Crippen molar-refractivity contribution < 1.29 is 28.7 Å². The highest BCUT2D eigenvalue weighted by molar-refractivity contribution is 6.43. The summed E-state index contributed by atoms with van der Waals surface area (Å²) in [6.45, 7) is 4.96. The Labute approximate surface area is 205 Å². The first-order valence-electron chi connectivity index (χ1n) is 11.6. The quantitative estimate of drug-likeness (QED) is 0.667. The fraction of sp³-hybridized carbons (Fsp3) is 0.400. The molecule has 0 radical (unpaired) electrons. The molecular formula is C25H25FN4O6. The van der Waals surface area contributed by atoms with E-state index in [9.17, 15) is 28.7 Å². The number of nitrogens with zero attached hydrogens (tertiary/aromatic N) is 3. The highest BCUT2D eigenvalue weighted by Crippen LogP contribution is 2.44. The minimum Gasteiger partial charge on any atom is -0.503 e. The van der Waals surface area contributed by atoms with Crippen LogP contribution in [0.4, 0.5) is 4.39 Å². The molecule has 2 amide bonds. The summed E-state index contributed by atoms with van der Waals surface area (Å²) in [4.78, 5) is 59.6. The number of aryl methyl sites for hydroxylation is 1. The van der Waals surface area contributed by atoms with Gasteiger partial charge >= 0.3 is 0 Å². The number of ketones is 1. The standard InChI is InChI=1S/C25H25FN4O6/c1-12-4-5-15(17(26)8-12)9-27-23(34)16-10-30-18-11-29(24(35)19(30)21(32)20(16)31)13(2)6-7-25(18)22(33)14(3)28-36-25/h4-5,8,10,13,18,32H,6-7,9,11H2,1-3H3,(H,27,34)/t13-,18+,25+/m0/s1. The molecule has 188 valence electrons. The Bertz CT molecular complexity index is 1420. The van der Waals surface area contributed by atoms with E-state index in [1.54, 1.807) is 13.0 Å². The lowest BCUT2D eigenvalue weighted by Gasteiger charge is -2.41. The van der Waals surface area contributed by atoms with E-state index in [0.717, 1.165) is 0 Å². The molecule has 4 heterocycles. The van der Waals surface area contributed by atoms with Crippen LogP contribution in [-0.4, -0.2) is 56.1 Å². The number of halogens is 1. The molecule has 10 nitrogen and oxygen atoms in total. The molecule has 1 saturated heterocycles. The van der Waals surface area contributed by atoms with E-state index in [2.05, 4.69) is 10.5 Å². The number of carbonyl (C=O) groups is 3. The van der Waals surface area contributed by atoms with Crippen LogP contribution < -0.4 is 10.7 Å². The minimum absolute atomic E-state index is 0.0689. The SMILES string of the molecule is CC1=NO[C@@]2(CC[C@H](C)N3C[C@H]2n2cc(C(=O)NCc4ccc(C)cc4F)c(=O)c(O)c2C3=O)C1=O. The van der Waals surface area contributed by atoms with Crippen molar-refractivity contribution in [2.45, 2.75) is 57.8 Å². The number of pyridine rings is 1. The Morgan fingerprint density at radius 3 is 2.72 bits per heavy atom. The zero-order valence-electron chi connectivity index (χ0n) is 20.0. The minimum atomic E-state index is -1.44. The Morgan fingerprint density at radius 2 is 2.06 bits per heavy atom. The smallest absolute Gasteiger partial charge is 0.274 e. The van der Waals surface area contributed by atoms with Crippen molar-refractivity contribution in [1.82, 2.24) is 14.8 Å². The van der Waals surface area contributed by atoms with Crippen LogP contribution in [0.5, 0.6) is 5.75 Å². The second kappa shape index (κ2) is 8.28. The first-order valence-corrected chi connectivity index (χ1v) is 11.6. The van der Waals surface area contributed by atoms with Crippen molar-refractivity contribution >= 4 is 23.3 Å². The summed E-state index contributed by atoms with van der Waals surface area (Å²) in [6.07, 6.45) is 1.86. The predicted octanol–water partition coefficient (Wildman–Crippen LogP) is 1.82. The van der Waals surface area contributed by atoms with Gasteiger partial charge in [0.1, 0.15) is 23.1 Å². The van der Waals surface area contributed by atoms with E-state index >= 15 is 0 Å². The molecule has 2 bridgehead atoms. The monoisotopic (exact) mass is 496 g/mol. The number of nitrogens with one attached hydrogen (secondary N) is 1. The zero-order chi connectivity index (χ0) is 25.9. The molecular weight excluding hydrogens is 471 g/mol. The van der Waals surface area contributed by atoms with Gasteiger partial charge in [0.2, 0.25) is 16.8 Å². The fourth-order valence-corrected chi connectivity index (χ4v) is 5.21. The number of oxime groups is 1. The molecule has 11 heteroatoms. The van der Waals surface area contributed by atoms with Crippen molar-refractivity contribution in [2.75, 3.05) is 6.54 Å². The number of carbonyl (C=O) groups excluding carboxylic acids is 3. The molecule has 1 spiro atoms. The molecule has 0 unspecified atom stereocenters. The Hall–Kier alpha value is -4.02. The third-order valence-electron chi connectivity index (χ3n) is 7.33. The van der Waals surface area contributed by atoms with Gasteiger partial charge in [-0.15, -0.1) is 0 Å². The lowest BCUT2D eigenvalue weighted by Crippen LogP contribution is -2.55. The lowest BCUT2D eigenvalue weighted by atomic mass is 9.83. The van der Waals surface area contributed by atoms with Gasteiger partial charge in [-0.1, -0.05) is 17.3 Å². The largest absolute Gasteiger partial charge is 0.503 e. The van der Waals surface area contributed by atoms with Crippen molar-refractivity contribution in [2.24, 2.45) is 5.16 Å². The van der Waals surface area contributed by atoms with Gasteiger partial charge in [-0.2, -0.15) is 0 Å². The molecule has 5 rings (SSSR count). The Kier molecular flexibility index (Phi) is 5.46. The average molecular weight is 496 g/mol. The van der Waals surface area contributed by atoms with Crippen LogP contribution in [0.2, 0.25) is 0 Å². The molecule has 36 heavy (non-hydrogen) atoms. The summed E-state index contributed by atoms with van der Waals surface area (Å²) in [5.74, 6) is -3.19. The average Bonchev–Trinajstić information content (AvgIpc) is 3.05. The van der Waals surface area contributed by atoms with E-state index in [4.69, 9.17) is 4.84 Å². The molecule has 3 aliphatic rings. The van der Waals surface area contributed by atoms with Crippen molar-refractivity contribution in [3.63, 3.8) is 0 Å². The maximum atomic E-state index is 14.2. The Balaban J connectivity index is 1.57. The third kappa shape index (κ3) is 3.41. The van der Waals surface area contributed by atoms with E-state index in [-0.39, 0.29) is 48.3 Å². The number of aromatic nitrogens is 1. The summed E-state index contributed by atoms with van der Waals surface area (Å²) in [7, 11) is 0. The number of hydrogen-bond acceptors (Lipinski definition) is 7. The maximum absolute atomic E-state index is 14.2. The number of aromatic hydroxyl groups is 1. The van der Waals surface area contributed by atoms with E-state index in [0.29, 0.717) is 12.0 Å². The molecule has 3 aliphatic heterocycles. The first kappa shape index (κ1) is 23.7. The van der Waals surface area contributed by atoms with Crippen LogP contribution in [0.1, 0.15) is 64.7 Å². The summed E-state index contributed by atoms with van der Waals surface area (Å²) in [5.41, 5.74) is -2.12. The van der Waals surface area contributed by atoms with Crippen LogP contribution in [0, 0.1) is 12.7 Å². The first-order chi connectivity index (χ1) is 17.0. The summed E-state index contributed by atoms with van der Waals surface area (Å²) in [5, 5.41) is 17.2. The summed E-state index contributed by atoms with van der Waals surface area (Å²) >= 11 is 0. The number of rotatable bonds is 3. The van der Waals surface area contributed by atoms with Crippen LogP contribution in [0.3, 0.4) is 0 Å².